The average molecular weight is 537 g/mol. The number of ether oxygens (including phenoxy) is 1. The molecule has 3 fully saturated rings. The van der Waals surface area contributed by atoms with Crippen LogP contribution in [0.25, 0.3) is 0 Å². The van der Waals surface area contributed by atoms with Crippen LogP contribution in [0.15, 0.2) is 58.2 Å². The normalized spacial score (nSPS) is 25.5. The lowest BCUT2D eigenvalue weighted by molar-refractivity contribution is -0.191. The number of benzene rings is 1. The lowest BCUT2D eigenvalue weighted by atomic mass is 9.91. The number of aliphatic hydroxyl groups is 1. The number of amides is 1. The van der Waals surface area contributed by atoms with Gasteiger partial charge in [0.1, 0.15) is 0 Å². The number of carbonyl (C=O) groups excluding carboxylic acids is 1. The summed E-state index contributed by atoms with van der Waals surface area (Å²) in [5.74, 6) is -0.357. The van der Waals surface area contributed by atoms with Gasteiger partial charge in [-0.1, -0.05) is 15.9 Å². The Balaban J connectivity index is 1.37. The number of carbonyl (C=O) groups is 1. The zero-order valence-corrected chi connectivity index (χ0v) is 20.3. The van der Waals surface area contributed by atoms with Crippen molar-refractivity contribution >= 4 is 37.5 Å². The molecule has 4 heterocycles. The number of nitrogens with zero attached hydrogens (tertiary/aromatic N) is 4. The molecule has 0 saturated carbocycles. The van der Waals surface area contributed by atoms with Crippen molar-refractivity contribution in [1.29, 1.82) is 0 Å². The van der Waals surface area contributed by atoms with E-state index in [1.165, 1.54) is 12.1 Å². The van der Waals surface area contributed by atoms with E-state index in [-0.39, 0.29) is 23.9 Å². The van der Waals surface area contributed by atoms with Crippen LogP contribution in [0, 0.1) is 0 Å². The van der Waals surface area contributed by atoms with E-state index in [4.69, 9.17) is 4.74 Å². The van der Waals surface area contributed by atoms with Gasteiger partial charge in [0, 0.05) is 35.6 Å². The Bertz CT molecular complexity index is 1140. The number of piperidine rings is 1. The van der Waals surface area contributed by atoms with Crippen LogP contribution in [0.1, 0.15) is 12.8 Å². The first-order chi connectivity index (χ1) is 15.8. The summed E-state index contributed by atoms with van der Waals surface area (Å²) in [6, 6.07) is 10.2. The maximum atomic E-state index is 13.2. The predicted molar refractivity (Wildman–Crippen MR) is 124 cm³/mol. The first-order valence-corrected chi connectivity index (χ1v) is 13.0. The number of rotatable bonds is 4. The van der Waals surface area contributed by atoms with E-state index in [0.717, 1.165) is 27.6 Å². The highest BCUT2D eigenvalue weighted by Crippen LogP contribution is 2.44. The molecule has 1 amide bonds. The van der Waals surface area contributed by atoms with Gasteiger partial charge >= 0.3 is 0 Å². The van der Waals surface area contributed by atoms with Gasteiger partial charge < -0.3 is 19.6 Å². The third-order valence-corrected chi connectivity index (χ3v) is 9.12. The molecule has 3 aliphatic heterocycles. The van der Waals surface area contributed by atoms with Crippen molar-refractivity contribution in [3.8, 4) is 0 Å². The topological polar surface area (TPSA) is 103 Å². The second kappa shape index (κ2) is 8.31. The molecule has 11 heteroatoms. The quantitative estimate of drug-likeness (QED) is 0.630. The van der Waals surface area contributed by atoms with Crippen LogP contribution in [0.4, 0.5) is 5.69 Å². The number of hydrogen-bond acceptors (Lipinski definition) is 7. The zero-order valence-electron chi connectivity index (χ0n) is 17.9. The van der Waals surface area contributed by atoms with Gasteiger partial charge in [0.15, 0.2) is 5.72 Å². The second-order valence-corrected chi connectivity index (χ2v) is 11.6. The highest BCUT2D eigenvalue weighted by Gasteiger charge is 2.60. The number of fused-ring (bicyclic) bond motifs is 1. The number of sulfonamides is 1. The van der Waals surface area contributed by atoms with E-state index in [2.05, 4.69) is 25.8 Å². The number of anilines is 1. The minimum Gasteiger partial charge on any atom is -0.391 e. The largest absolute Gasteiger partial charge is 0.391 e. The maximum Gasteiger partial charge on any atom is 0.243 e. The first-order valence-electron chi connectivity index (χ1n) is 10.8. The Hall–Kier alpha value is -2.05. The van der Waals surface area contributed by atoms with Crippen molar-refractivity contribution in [3.05, 3.63) is 53.3 Å². The molecule has 0 bridgehead atoms. The molecule has 1 aromatic heterocycles. The molecule has 5 rings (SSSR count). The van der Waals surface area contributed by atoms with Gasteiger partial charge in [0.05, 0.1) is 36.7 Å². The summed E-state index contributed by atoms with van der Waals surface area (Å²) in [6.07, 6.45) is 4.85. The van der Waals surface area contributed by atoms with E-state index in [0.29, 0.717) is 19.4 Å². The molecule has 0 aliphatic carbocycles. The van der Waals surface area contributed by atoms with Crippen molar-refractivity contribution in [2.45, 2.75) is 29.1 Å². The summed E-state index contributed by atoms with van der Waals surface area (Å²) >= 11 is 3.31. The molecule has 1 spiro atoms. The fourth-order valence-corrected chi connectivity index (χ4v) is 6.70. The van der Waals surface area contributed by atoms with E-state index < -0.39 is 28.0 Å². The molecule has 3 saturated heterocycles. The molecule has 1 atom stereocenters. The van der Waals surface area contributed by atoms with Crippen LogP contribution >= 0.6 is 15.9 Å². The average Bonchev–Trinajstić information content (AvgIpc) is 3.15. The molecule has 1 N–H and O–H groups in total. The van der Waals surface area contributed by atoms with Crippen molar-refractivity contribution in [2.24, 2.45) is 0 Å². The van der Waals surface area contributed by atoms with Crippen LogP contribution < -0.4 is 4.90 Å². The van der Waals surface area contributed by atoms with Crippen molar-refractivity contribution < 1.29 is 23.1 Å². The smallest absolute Gasteiger partial charge is 0.243 e. The minimum absolute atomic E-state index is 0.0957. The number of aromatic nitrogens is 1. The van der Waals surface area contributed by atoms with Gasteiger partial charge in [0.25, 0.3) is 0 Å². The van der Waals surface area contributed by atoms with Gasteiger partial charge in [-0.25, -0.2) is 8.42 Å². The summed E-state index contributed by atoms with van der Waals surface area (Å²) in [6.45, 7) is 0.957. The maximum absolute atomic E-state index is 13.2. The summed E-state index contributed by atoms with van der Waals surface area (Å²) < 4.78 is 34.8. The molecule has 9 nitrogen and oxygen atoms in total. The van der Waals surface area contributed by atoms with E-state index in [1.807, 2.05) is 12.1 Å². The predicted octanol–water partition coefficient (Wildman–Crippen LogP) is 1.43. The number of halogens is 1. The molecule has 176 valence electrons. The van der Waals surface area contributed by atoms with Gasteiger partial charge in [-0.2, -0.15) is 4.31 Å². The lowest BCUT2D eigenvalue weighted by Gasteiger charge is -2.44. The highest BCUT2D eigenvalue weighted by atomic mass is 79.9. The second-order valence-electron chi connectivity index (χ2n) is 8.79. The summed E-state index contributed by atoms with van der Waals surface area (Å²) in [5.41, 5.74) is -0.911. The van der Waals surface area contributed by atoms with Crippen LogP contribution in [0.5, 0.6) is 0 Å². The molecule has 2 aromatic rings. The van der Waals surface area contributed by atoms with Crippen molar-refractivity contribution in [3.63, 3.8) is 0 Å². The lowest BCUT2D eigenvalue weighted by Crippen LogP contribution is -2.65. The number of hydrogen-bond donors (Lipinski definition) is 1. The Labute approximate surface area is 201 Å². The van der Waals surface area contributed by atoms with Gasteiger partial charge in [0.2, 0.25) is 15.9 Å². The SMILES string of the molecule is O=C1CN(S(=O)(=O)c2ccc(Br)cc2)CC2(CO)OC3(CCN(c4ccncc4)CC3)CN12. The third kappa shape index (κ3) is 3.95. The summed E-state index contributed by atoms with van der Waals surface area (Å²) in [4.78, 5) is 21.0. The van der Waals surface area contributed by atoms with Crippen molar-refractivity contribution in [2.75, 3.05) is 44.2 Å². The van der Waals surface area contributed by atoms with Crippen LogP contribution in [0.3, 0.4) is 0 Å². The van der Waals surface area contributed by atoms with Gasteiger partial charge in [-0.15, -0.1) is 0 Å². The summed E-state index contributed by atoms with van der Waals surface area (Å²) in [5, 5.41) is 10.3. The standard InChI is InChI=1S/C22H25BrN4O5S/c23-17-1-3-19(4-2-17)33(30,31)26-13-20(29)27-14-21(32-22(27,15-26)16-28)7-11-25(12-8-21)18-5-9-24-10-6-18/h1-6,9-10,28H,7-8,11-16H2. The zero-order chi connectivity index (χ0) is 23.3. The molecule has 0 radical (unpaired) electrons. The fourth-order valence-electron chi connectivity index (χ4n) is 5.00. The number of piperazine rings is 1. The van der Waals surface area contributed by atoms with Gasteiger partial charge in [-0.05, 0) is 49.2 Å². The van der Waals surface area contributed by atoms with Crippen LogP contribution in [0.2, 0.25) is 0 Å². The molecule has 1 aromatic carbocycles. The van der Waals surface area contributed by atoms with Crippen LogP contribution in [-0.2, 0) is 19.6 Å². The number of aliphatic hydroxyl groups excluding tert-OH is 1. The van der Waals surface area contributed by atoms with E-state index in [9.17, 15) is 18.3 Å². The Kier molecular flexibility index (Phi) is 5.73. The molecule has 33 heavy (non-hydrogen) atoms. The fraction of sp³-hybridized carbons (Fsp3) is 0.455. The molecule has 3 aliphatic rings. The molecular formula is C22H25BrN4O5S. The van der Waals surface area contributed by atoms with Gasteiger partial charge in [-0.3, -0.25) is 9.78 Å². The monoisotopic (exact) mass is 536 g/mol. The van der Waals surface area contributed by atoms with Crippen molar-refractivity contribution in [1.82, 2.24) is 14.2 Å². The number of pyridine rings is 1. The Morgan fingerprint density at radius 3 is 2.36 bits per heavy atom. The Morgan fingerprint density at radius 2 is 1.73 bits per heavy atom. The molecular weight excluding hydrogens is 512 g/mol. The highest BCUT2D eigenvalue weighted by molar-refractivity contribution is 9.10. The van der Waals surface area contributed by atoms with E-state index >= 15 is 0 Å². The Morgan fingerprint density at radius 1 is 1.06 bits per heavy atom. The van der Waals surface area contributed by atoms with Crippen LogP contribution in [-0.4, -0.2) is 84.3 Å². The first kappa shape index (κ1) is 22.7. The minimum atomic E-state index is -3.93. The van der Waals surface area contributed by atoms with E-state index in [1.54, 1.807) is 29.4 Å². The summed E-state index contributed by atoms with van der Waals surface area (Å²) in [7, 11) is -3.93. The third-order valence-electron chi connectivity index (χ3n) is 6.78. The molecule has 1 unspecified atom stereocenters.